The zero-order chi connectivity index (χ0) is 19.3. The van der Waals surface area contributed by atoms with E-state index in [-0.39, 0.29) is 16.7 Å². The Labute approximate surface area is 159 Å². The van der Waals surface area contributed by atoms with Gasteiger partial charge in [-0.1, -0.05) is 30.4 Å². The predicted molar refractivity (Wildman–Crippen MR) is 105 cm³/mol. The third kappa shape index (κ3) is 4.89. The summed E-state index contributed by atoms with van der Waals surface area (Å²) in [5.41, 5.74) is 0.798. The molecule has 1 aliphatic rings. The highest BCUT2D eigenvalue weighted by atomic mass is 32.2. The van der Waals surface area contributed by atoms with Crippen molar-refractivity contribution in [3.63, 3.8) is 0 Å². The van der Waals surface area contributed by atoms with Crippen LogP contribution >= 0.6 is 0 Å². The van der Waals surface area contributed by atoms with E-state index in [1.165, 1.54) is 19.2 Å². The molecule has 3 rings (SSSR count). The van der Waals surface area contributed by atoms with Gasteiger partial charge in [0.05, 0.1) is 17.7 Å². The SMILES string of the molecule is COc1ccccc1NS(=O)(=O)c1cccc(NC(=O)C[C@H]2C=CCC2)c1. The lowest BCUT2D eigenvalue weighted by atomic mass is 10.1. The van der Waals surface area contributed by atoms with E-state index in [9.17, 15) is 13.2 Å². The molecule has 0 saturated carbocycles. The number of rotatable bonds is 7. The van der Waals surface area contributed by atoms with Crippen molar-refractivity contribution in [2.24, 2.45) is 5.92 Å². The Morgan fingerprint density at radius 3 is 2.74 bits per heavy atom. The van der Waals surface area contributed by atoms with Crippen LogP contribution in [0.15, 0.2) is 65.6 Å². The number of sulfonamides is 1. The average Bonchev–Trinajstić information content (AvgIpc) is 3.15. The minimum absolute atomic E-state index is 0.0620. The zero-order valence-corrected chi connectivity index (χ0v) is 15.8. The average molecular weight is 386 g/mol. The Hall–Kier alpha value is -2.80. The summed E-state index contributed by atoms with van der Waals surface area (Å²) >= 11 is 0. The molecule has 0 heterocycles. The Balaban J connectivity index is 1.73. The molecule has 0 radical (unpaired) electrons. The minimum atomic E-state index is -3.82. The third-order valence-corrected chi connectivity index (χ3v) is 5.70. The lowest BCUT2D eigenvalue weighted by Crippen LogP contribution is -2.16. The van der Waals surface area contributed by atoms with Crippen molar-refractivity contribution in [1.82, 2.24) is 0 Å². The number of para-hydroxylation sites is 2. The maximum atomic E-state index is 12.7. The van der Waals surface area contributed by atoms with E-state index in [2.05, 4.69) is 22.2 Å². The highest BCUT2D eigenvalue weighted by molar-refractivity contribution is 7.92. The first kappa shape index (κ1) is 19.0. The number of hydrogen-bond acceptors (Lipinski definition) is 4. The Kier molecular flexibility index (Phi) is 5.81. The zero-order valence-electron chi connectivity index (χ0n) is 15.0. The highest BCUT2D eigenvalue weighted by Crippen LogP contribution is 2.27. The first-order chi connectivity index (χ1) is 13.0. The van der Waals surface area contributed by atoms with Crippen LogP contribution in [0.2, 0.25) is 0 Å². The summed E-state index contributed by atoms with van der Waals surface area (Å²) in [6.07, 6.45) is 6.50. The topological polar surface area (TPSA) is 84.5 Å². The van der Waals surface area contributed by atoms with Crippen LogP contribution in [0.3, 0.4) is 0 Å². The van der Waals surface area contributed by atoms with E-state index in [0.717, 1.165) is 12.8 Å². The van der Waals surface area contributed by atoms with Gasteiger partial charge in [0.1, 0.15) is 5.75 Å². The number of anilines is 2. The standard InChI is InChI=1S/C20H22N2O4S/c1-26-19-12-5-4-11-18(19)22-27(24,25)17-10-6-9-16(14-17)21-20(23)13-15-7-2-3-8-15/h2,4-7,9-12,14-15,22H,3,8,13H2,1H3,(H,21,23)/t15-/m0/s1. The number of hydrogen-bond donors (Lipinski definition) is 2. The van der Waals surface area contributed by atoms with Crippen LogP contribution < -0.4 is 14.8 Å². The van der Waals surface area contributed by atoms with E-state index in [4.69, 9.17) is 4.74 Å². The summed E-state index contributed by atoms with van der Waals surface area (Å²) in [5, 5.41) is 2.78. The molecule has 0 spiro atoms. The number of carbonyl (C=O) groups excluding carboxylic acids is 1. The smallest absolute Gasteiger partial charge is 0.262 e. The molecule has 1 atom stereocenters. The number of carbonyl (C=O) groups is 1. The van der Waals surface area contributed by atoms with Crippen molar-refractivity contribution in [2.75, 3.05) is 17.1 Å². The minimum Gasteiger partial charge on any atom is -0.495 e. The van der Waals surface area contributed by atoms with Gasteiger partial charge in [-0.15, -0.1) is 0 Å². The largest absolute Gasteiger partial charge is 0.495 e. The van der Waals surface area contributed by atoms with Gasteiger partial charge in [0.15, 0.2) is 0 Å². The Bertz CT molecular complexity index is 954. The van der Waals surface area contributed by atoms with Gasteiger partial charge < -0.3 is 10.1 Å². The number of allylic oxidation sites excluding steroid dienone is 2. The van der Waals surface area contributed by atoms with Crippen LogP contribution in [-0.4, -0.2) is 21.4 Å². The molecule has 1 aliphatic carbocycles. The molecule has 142 valence electrons. The fourth-order valence-electron chi connectivity index (χ4n) is 2.99. The quantitative estimate of drug-likeness (QED) is 0.709. The van der Waals surface area contributed by atoms with Gasteiger partial charge >= 0.3 is 0 Å². The van der Waals surface area contributed by atoms with Crippen LogP contribution in [0.5, 0.6) is 5.75 Å². The lowest BCUT2D eigenvalue weighted by Gasteiger charge is -2.13. The van der Waals surface area contributed by atoms with Crippen LogP contribution in [0, 0.1) is 5.92 Å². The van der Waals surface area contributed by atoms with Gasteiger partial charge in [0, 0.05) is 12.1 Å². The van der Waals surface area contributed by atoms with Crippen LogP contribution in [0.25, 0.3) is 0 Å². The van der Waals surface area contributed by atoms with E-state index in [1.807, 2.05) is 0 Å². The molecule has 0 aromatic heterocycles. The van der Waals surface area contributed by atoms with E-state index in [1.54, 1.807) is 36.4 Å². The molecule has 2 N–H and O–H groups in total. The number of ether oxygens (including phenoxy) is 1. The van der Waals surface area contributed by atoms with Crippen molar-refractivity contribution >= 4 is 27.3 Å². The molecule has 0 bridgehead atoms. The molecule has 0 saturated heterocycles. The summed E-state index contributed by atoms with van der Waals surface area (Å²) in [7, 11) is -2.34. The second-order valence-corrected chi connectivity index (χ2v) is 8.03. The lowest BCUT2D eigenvalue weighted by molar-refractivity contribution is -0.116. The molecule has 0 aliphatic heterocycles. The molecule has 2 aromatic rings. The molecule has 7 heteroatoms. The fourth-order valence-corrected chi connectivity index (χ4v) is 4.10. The maximum absolute atomic E-state index is 12.7. The highest BCUT2D eigenvalue weighted by Gasteiger charge is 2.18. The molecular weight excluding hydrogens is 364 g/mol. The monoisotopic (exact) mass is 386 g/mol. The molecule has 2 aromatic carbocycles. The summed E-state index contributed by atoms with van der Waals surface area (Å²) in [6.45, 7) is 0. The molecule has 6 nitrogen and oxygen atoms in total. The van der Waals surface area contributed by atoms with Gasteiger partial charge in [0.25, 0.3) is 10.0 Å². The summed E-state index contributed by atoms with van der Waals surface area (Å²) in [4.78, 5) is 12.2. The van der Waals surface area contributed by atoms with Gasteiger partial charge in [-0.05, 0) is 49.1 Å². The summed E-state index contributed by atoms with van der Waals surface area (Å²) in [6, 6.07) is 13.0. The third-order valence-electron chi connectivity index (χ3n) is 4.34. The van der Waals surface area contributed by atoms with E-state index < -0.39 is 10.0 Å². The first-order valence-corrected chi connectivity index (χ1v) is 10.2. The second-order valence-electron chi connectivity index (χ2n) is 6.35. The normalized spacial score (nSPS) is 16.1. The van der Waals surface area contributed by atoms with E-state index >= 15 is 0 Å². The summed E-state index contributed by atoms with van der Waals surface area (Å²) < 4.78 is 33.1. The molecule has 0 unspecified atom stereocenters. The van der Waals surface area contributed by atoms with Crippen LogP contribution in [0.1, 0.15) is 19.3 Å². The van der Waals surface area contributed by atoms with E-state index in [0.29, 0.717) is 23.5 Å². The maximum Gasteiger partial charge on any atom is 0.262 e. The Morgan fingerprint density at radius 1 is 1.19 bits per heavy atom. The molecule has 0 fully saturated rings. The number of nitrogens with one attached hydrogen (secondary N) is 2. The van der Waals surface area contributed by atoms with Gasteiger partial charge in [-0.3, -0.25) is 9.52 Å². The van der Waals surface area contributed by atoms with Gasteiger partial charge in [-0.25, -0.2) is 8.42 Å². The summed E-state index contributed by atoms with van der Waals surface area (Å²) in [5.74, 6) is 0.554. The van der Waals surface area contributed by atoms with Crippen molar-refractivity contribution in [1.29, 1.82) is 0 Å². The van der Waals surface area contributed by atoms with Crippen molar-refractivity contribution in [2.45, 2.75) is 24.2 Å². The van der Waals surface area contributed by atoms with Crippen molar-refractivity contribution in [3.05, 3.63) is 60.7 Å². The first-order valence-electron chi connectivity index (χ1n) is 8.70. The van der Waals surface area contributed by atoms with Crippen LogP contribution in [0.4, 0.5) is 11.4 Å². The predicted octanol–water partition coefficient (Wildman–Crippen LogP) is 3.79. The van der Waals surface area contributed by atoms with Crippen molar-refractivity contribution < 1.29 is 17.9 Å². The second kappa shape index (κ2) is 8.26. The Morgan fingerprint density at radius 2 is 2.00 bits per heavy atom. The van der Waals surface area contributed by atoms with Gasteiger partial charge in [0.2, 0.25) is 5.91 Å². The van der Waals surface area contributed by atoms with Gasteiger partial charge in [-0.2, -0.15) is 0 Å². The number of methoxy groups -OCH3 is 1. The van der Waals surface area contributed by atoms with Crippen LogP contribution in [-0.2, 0) is 14.8 Å². The van der Waals surface area contributed by atoms with Crippen molar-refractivity contribution in [3.8, 4) is 5.75 Å². The number of benzene rings is 2. The molecular formula is C20H22N2O4S. The molecule has 1 amide bonds. The fraction of sp³-hybridized carbons (Fsp3) is 0.250. The molecule has 27 heavy (non-hydrogen) atoms. The number of amides is 1.